The number of benzene rings is 3. The molecule has 3 aromatic carbocycles. The van der Waals surface area contributed by atoms with Gasteiger partial charge in [-0.2, -0.15) is 5.01 Å². The van der Waals surface area contributed by atoms with Crippen LogP contribution in [0, 0.1) is 37.7 Å². The minimum Gasteiger partial charge on any atom is -0.397 e. The number of nitrogens with zero attached hydrogens (tertiary/aromatic N) is 16. The monoisotopic (exact) mass is 1440 g/mol. The molecule has 6 aliphatic heterocycles. The lowest BCUT2D eigenvalue weighted by Crippen LogP contribution is -2.64. The first-order chi connectivity index (χ1) is 50.1. The smallest absolute Gasteiger partial charge is 0.291 e. The topological polar surface area (TPSA) is 270 Å². The SMILES string of the molecule is CN1CCN([n+]2ccc3c(c2)CN(C(=O)Cc2nc(-c4ccc(F)cc4)ccc2[N+](=O)[O-])C3)CC1.CN1CCN(c2ccc3c(n2)CN(C(=O)Cc2nc(-c4ccc(F)cc4)ccc2N)C3)CC1.CN1CCNCC1.O=C(Cc1nc(-c2ccc(F)cc2)ccc1[N+](=O)[O-])N1Cc2ccc(Cl)nc2C1. The van der Waals surface area contributed by atoms with Crippen LogP contribution in [-0.2, 0) is 72.9 Å². The second-order valence-electron chi connectivity index (χ2n) is 26.4. The van der Waals surface area contributed by atoms with Crippen LogP contribution in [0.3, 0.4) is 0 Å². The molecule has 6 aliphatic rings. The number of aromatic nitrogens is 6. The van der Waals surface area contributed by atoms with Gasteiger partial charge in [-0.15, -0.1) is 0 Å². The van der Waals surface area contributed by atoms with Crippen molar-refractivity contribution in [2.45, 2.75) is 58.5 Å². The fourth-order valence-corrected chi connectivity index (χ4v) is 13.0. The molecule has 538 valence electrons. The number of piperazine rings is 3. The van der Waals surface area contributed by atoms with E-state index >= 15 is 0 Å². The third-order valence-electron chi connectivity index (χ3n) is 19.1. The van der Waals surface area contributed by atoms with Crippen molar-refractivity contribution in [2.24, 2.45) is 0 Å². The van der Waals surface area contributed by atoms with Crippen molar-refractivity contribution in [2.75, 3.05) is 115 Å². The molecule has 0 bridgehead atoms. The Morgan fingerprint density at radius 2 is 0.885 bits per heavy atom. The van der Waals surface area contributed by atoms with Gasteiger partial charge in [-0.05, 0) is 147 Å². The van der Waals surface area contributed by atoms with Gasteiger partial charge in [0, 0.05) is 126 Å². The van der Waals surface area contributed by atoms with E-state index in [2.05, 4.69) is 94.0 Å². The average Bonchev–Trinajstić information content (AvgIpc) is 1.54. The van der Waals surface area contributed by atoms with E-state index in [0.29, 0.717) is 89.7 Å². The van der Waals surface area contributed by atoms with E-state index in [4.69, 9.17) is 22.3 Å². The number of amides is 3. The quantitative estimate of drug-likeness (QED) is 0.0476. The summed E-state index contributed by atoms with van der Waals surface area (Å²) in [5.74, 6) is -0.659. The van der Waals surface area contributed by atoms with Crippen LogP contribution in [0.25, 0.3) is 33.8 Å². The largest absolute Gasteiger partial charge is 0.397 e. The van der Waals surface area contributed by atoms with Crippen LogP contribution in [0.2, 0.25) is 5.15 Å². The summed E-state index contributed by atoms with van der Waals surface area (Å²) >= 11 is 5.90. The molecule has 3 saturated heterocycles. The van der Waals surface area contributed by atoms with Crippen LogP contribution >= 0.6 is 11.6 Å². The van der Waals surface area contributed by atoms with Crippen LogP contribution in [0.15, 0.2) is 152 Å². The van der Waals surface area contributed by atoms with Gasteiger partial charge in [0.1, 0.15) is 39.8 Å². The van der Waals surface area contributed by atoms with E-state index in [1.807, 2.05) is 18.3 Å². The van der Waals surface area contributed by atoms with Gasteiger partial charge < -0.3 is 45.3 Å². The molecular weight excluding hydrogens is 1360 g/mol. The van der Waals surface area contributed by atoms with Crippen LogP contribution in [0.4, 0.5) is 36.1 Å². The zero-order valence-electron chi connectivity index (χ0n) is 57.9. The van der Waals surface area contributed by atoms with E-state index < -0.39 is 15.7 Å². The Bertz CT molecular complexity index is 4620. The van der Waals surface area contributed by atoms with Crippen LogP contribution in [0.5, 0.6) is 0 Å². The van der Waals surface area contributed by atoms with Gasteiger partial charge in [0.05, 0.1) is 102 Å². The highest BCUT2D eigenvalue weighted by atomic mass is 35.5. The Morgan fingerprint density at radius 3 is 1.37 bits per heavy atom. The maximum absolute atomic E-state index is 13.3. The Labute approximate surface area is 604 Å². The summed E-state index contributed by atoms with van der Waals surface area (Å²) in [6.07, 6.45) is 3.80. The molecule has 104 heavy (non-hydrogen) atoms. The molecule has 0 saturated carbocycles. The number of nitrogen functional groups attached to an aromatic ring is 1. The highest BCUT2D eigenvalue weighted by molar-refractivity contribution is 6.29. The fourth-order valence-electron chi connectivity index (χ4n) is 12.9. The van der Waals surface area contributed by atoms with Crippen molar-refractivity contribution in [1.29, 1.82) is 0 Å². The normalized spacial score (nSPS) is 15.7. The number of likely N-dealkylation sites (N-methyl/N-ethyl adjacent to an activating group) is 3. The van der Waals surface area contributed by atoms with E-state index in [1.54, 1.807) is 57.2 Å². The summed E-state index contributed by atoms with van der Waals surface area (Å²) in [5, 5.41) is 28.9. The van der Waals surface area contributed by atoms with Crippen molar-refractivity contribution < 1.29 is 42.1 Å². The highest BCUT2D eigenvalue weighted by Crippen LogP contribution is 2.32. The molecule has 9 aromatic rings. The number of fused-ring (bicyclic) bond motifs is 3. The molecular formula is C75H79ClF3N18O7+. The molecule has 0 unspecified atom stereocenters. The third kappa shape index (κ3) is 18.3. The summed E-state index contributed by atoms with van der Waals surface area (Å²) in [5.41, 5.74) is 16.2. The van der Waals surface area contributed by atoms with Gasteiger partial charge >= 0.3 is 0 Å². The first-order valence-electron chi connectivity index (χ1n) is 34.2. The minimum atomic E-state index is -0.565. The van der Waals surface area contributed by atoms with E-state index in [1.165, 1.54) is 85.9 Å². The lowest BCUT2D eigenvalue weighted by atomic mass is 10.1. The number of nitrogens with one attached hydrogen (secondary N) is 1. The molecule has 3 fully saturated rings. The first-order valence-corrected chi connectivity index (χ1v) is 34.6. The van der Waals surface area contributed by atoms with Crippen molar-refractivity contribution in [3.63, 3.8) is 0 Å². The number of rotatable bonds is 13. The average molecular weight is 1440 g/mol. The predicted molar refractivity (Wildman–Crippen MR) is 386 cm³/mol. The van der Waals surface area contributed by atoms with E-state index in [9.17, 15) is 47.8 Å². The minimum absolute atomic E-state index is 0.0374. The van der Waals surface area contributed by atoms with Crippen molar-refractivity contribution in [3.05, 3.63) is 245 Å². The van der Waals surface area contributed by atoms with Crippen molar-refractivity contribution >= 4 is 52.2 Å². The number of nitrogens with two attached hydrogens (primary N) is 1. The standard InChI is InChI=1S/C25H26FN6O3.C25H27FN6O.C20H14ClFN4O3.C5H12N2/c1-28-10-12-30(13-11-28)31-9-8-19-15-29(16-20(19)17-31)25(33)14-23-24(32(34)35)7-6-22(27-23)18-2-4-21(26)5-3-18;1-30-10-12-31(13-11-30)24-9-4-18-15-32(16-23(18)29-24)25(33)14-22-20(27)7-8-21(28-22)17-2-5-19(26)6-3-17;21-19-8-3-13-10-25(11-17(13)24-19)20(27)9-16-18(26(28)29)7-6-15(23-16)12-1-4-14(22)5-2-12;1-7-4-2-6-3-5-7/h2-9,17H,10-16H2,1H3;2-9H,10-16,27H2,1H3;1-8H,9-11H2;6H,2-5H2,1H3/q+1;;;. The van der Waals surface area contributed by atoms with Gasteiger partial charge in [0.2, 0.25) is 23.9 Å². The molecule has 25 nitrogen and oxygen atoms in total. The zero-order valence-corrected chi connectivity index (χ0v) is 58.6. The Morgan fingerprint density at radius 1 is 0.471 bits per heavy atom. The van der Waals surface area contributed by atoms with Gasteiger partial charge in [-0.1, -0.05) is 28.4 Å². The number of hydrogen-bond acceptors (Lipinski definition) is 19. The lowest BCUT2D eigenvalue weighted by molar-refractivity contribution is -0.694. The molecule has 0 radical (unpaired) electrons. The Hall–Kier alpha value is -10.9. The number of anilines is 2. The second-order valence-corrected chi connectivity index (χ2v) is 26.7. The molecule has 6 aromatic heterocycles. The third-order valence-corrected chi connectivity index (χ3v) is 19.3. The van der Waals surface area contributed by atoms with Crippen molar-refractivity contribution in [1.82, 2.24) is 59.6 Å². The molecule has 15 rings (SSSR count). The van der Waals surface area contributed by atoms with E-state index in [-0.39, 0.29) is 71.4 Å². The molecule has 0 spiro atoms. The maximum Gasteiger partial charge on any atom is 0.291 e. The summed E-state index contributed by atoms with van der Waals surface area (Å²) < 4.78 is 41.8. The summed E-state index contributed by atoms with van der Waals surface area (Å²) in [4.78, 5) is 97.6. The van der Waals surface area contributed by atoms with Crippen LogP contribution < -0.4 is 25.6 Å². The van der Waals surface area contributed by atoms with Crippen molar-refractivity contribution in [3.8, 4) is 33.8 Å². The number of pyridine rings is 6. The lowest BCUT2D eigenvalue weighted by Gasteiger charge is -2.33. The van der Waals surface area contributed by atoms with E-state index in [0.717, 1.165) is 105 Å². The molecule has 3 amide bonds. The number of carbonyl (C=O) groups excluding carboxylic acids is 3. The molecule has 0 atom stereocenters. The number of carbonyl (C=O) groups is 3. The Balaban J connectivity index is 0.000000140. The molecule has 0 aliphatic carbocycles. The summed E-state index contributed by atoms with van der Waals surface area (Å²) in [6.45, 7) is 15.2. The maximum atomic E-state index is 13.3. The van der Waals surface area contributed by atoms with Gasteiger partial charge in [0.15, 0.2) is 6.20 Å². The van der Waals surface area contributed by atoms with Gasteiger partial charge in [-0.25, -0.2) is 33.1 Å². The zero-order chi connectivity index (χ0) is 73.1. The second kappa shape index (κ2) is 33.0. The van der Waals surface area contributed by atoms with Gasteiger partial charge in [-0.3, -0.25) is 39.6 Å². The highest BCUT2D eigenvalue weighted by Gasteiger charge is 2.33. The number of hydrogen-bond donors (Lipinski definition) is 2. The predicted octanol–water partition coefficient (Wildman–Crippen LogP) is 8.20. The summed E-state index contributed by atoms with van der Waals surface area (Å²) in [7, 11) is 6.40. The van der Waals surface area contributed by atoms with Gasteiger partial charge in [0.25, 0.3) is 11.4 Å². The number of nitro groups is 2. The molecule has 29 heteroatoms. The molecule has 3 N–H and O–H groups in total. The van der Waals surface area contributed by atoms with Crippen LogP contribution in [-0.4, -0.2) is 182 Å². The number of halogens is 4. The molecule has 12 heterocycles. The summed E-state index contributed by atoms with van der Waals surface area (Å²) in [6, 6.07) is 36.3. The Kier molecular flexibility index (Phi) is 23.1. The first kappa shape index (κ1) is 72.9. The van der Waals surface area contributed by atoms with Crippen LogP contribution in [0.1, 0.15) is 50.7 Å². The fraction of sp³-hybridized carbons (Fsp3) is 0.320.